The predicted octanol–water partition coefficient (Wildman–Crippen LogP) is 2.56. The van der Waals surface area contributed by atoms with Gasteiger partial charge in [-0.25, -0.2) is 9.37 Å². The molecule has 0 saturated carbocycles. The molecule has 0 bridgehead atoms. The average molecular weight is 271 g/mol. The van der Waals surface area contributed by atoms with Gasteiger partial charge in [-0.05, 0) is 28.7 Å². The van der Waals surface area contributed by atoms with Crippen LogP contribution in [0.2, 0.25) is 0 Å². The van der Waals surface area contributed by atoms with Crippen LogP contribution in [0.3, 0.4) is 0 Å². The maximum Gasteiger partial charge on any atom is 0.145 e. The molecule has 10 heavy (non-hydrogen) atoms. The Labute approximate surface area is 76.7 Å². The van der Waals surface area contributed by atoms with Gasteiger partial charge in [0.2, 0.25) is 0 Å². The SMILES string of the molecule is Fc1cnc(I)cc1CCl. The van der Waals surface area contributed by atoms with E-state index in [1.54, 1.807) is 6.07 Å². The Hall–Kier alpha value is 0.1000. The predicted molar refractivity (Wildman–Crippen MR) is 46.5 cm³/mol. The molecule has 0 N–H and O–H groups in total. The van der Waals surface area contributed by atoms with Gasteiger partial charge in [0, 0.05) is 5.56 Å². The molecule has 0 spiro atoms. The van der Waals surface area contributed by atoms with Crippen molar-refractivity contribution < 1.29 is 4.39 Å². The molecule has 0 amide bonds. The van der Waals surface area contributed by atoms with Crippen LogP contribution < -0.4 is 0 Å². The summed E-state index contributed by atoms with van der Waals surface area (Å²) in [4.78, 5) is 3.74. The van der Waals surface area contributed by atoms with Gasteiger partial charge in [-0.2, -0.15) is 0 Å². The summed E-state index contributed by atoms with van der Waals surface area (Å²) in [6.07, 6.45) is 1.18. The molecule has 1 nitrogen and oxygen atoms in total. The Bertz CT molecular complexity index is 241. The number of nitrogens with zero attached hydrogens (tertiary/aromatic N) is 1. The molecule has 0 aliphatic heterocycles. The first kappa shape index (κ1) is 8.20. The van der Waals surface area contributed by atoms with Crippen molar-refractivity contribution in [3.8, 4) is 0 Å². The highest BCUT2D eigenvalue weighted by molar-refractivity contribution is 14.1. The van der Waals surface area contributed by atoms with Crippen LogP contribution in [0, 0.1) is 9.52 Å². The highest BCUT2D eigenvalue weighted by Crippen LogP contribution is 2.11. The van der Waals surface area contributed by atoms with Gasteiger partial charge in [0.05, 0.1) is 12.1 Å². The van der Waals surface area contributed by atoms with E-state index in [2.05, 4.69) is 4.98 Å². The molecule has 0 fully saturated rings. The lowest BCUT2D eigenvalue weighted by Crippen LogP contribution is -1.89. The Balaban J connectivity index is 3.09. The van der Waals surface area contributed by atoms with E-state index < -0.39 is 0 Å². The normalized spacial score (nSPS) is 9.90. The van der Waals surface area contributed by atoms with Crippen LogP contribution in [0.15, 0.2) is 12.3 Å². The number of aromatic nitrogens is 1. The maximum absolute atomic E-state index is 12.6. The molecule has 0 saturated heterocycles. The summed E-state index contributed by atoms with van der Waals surface area (Å²) in [6.45, 7) is 0. The molecule has 0 atom stereocenters. The minimum atomic E-state index is -0.338. The van der Waals surface area contributed by atoms with Crippen LogP contribution in [-0.2, 0) is 5.88 Å². The summed E-state index contributed by atoms with van der Waals surface area (Å²) in [5.41, 5.74) is 0.501. The Kier molecular flexibility index (Phi) is 2.85. The molecule has 0 aromatic carbocycles. The number of hydrogen-bond donors (Lipinski definition) is 0. The topological polar surface area (TPSA) is 12.9 Å². The fourth-order valence-electron chi connectivity index (χ4n) is 0.554. The third-order valence-corrected chi connectivity index (χ3v) is 1.92. The van der Waals surface area contributed by atoms with E-state index in [0.29, 0.717) is 5.56 Å². The molecule has 1 rings (SSSR count). The van der Waals surface area contributed by atoms with Crippen molar-refractivity contribution in [1.82, 2.24) is 4.98 Å². The maximum atomic E-state index is 12.6. The van der Waals surface area contributed by atoms with Crippen molar-refractivity contribution in [3.05, 3.63) is 27.3 Å². The lowest BCUT2D eigenvalue weighted by atomic mass is 10.3. The number of alkyl halides is 1. The minimum absolute atomic E-state index is 0.199. The average Bonchev–Trinajstić information content (AvgIpc) is 1.94. The smallest absolute Gasteiger partial charge is 0.145 e. The van der Waals surface area contributed by atoms with Gasteiger partial charge in [-0.3, -0.25) is 0 Å². The summed E-state index contributed by atoms with van der Waals surface area (Å²) in [7, 11) is 0. The van der Waals surface area contributed by atoms with E-state index in [0.717, 1.165) is 3.70 Å². The summed E-state index contributed by atoms with van der Waals surface area (Å²) in [6, 6.07) is 1.63. The van der Waals surface area contributed by atoms with Gasteiger partial charge >= 0.3 is 0 Å². The van der Waals surface area contributed by atoms with E-state index in [-0.39, 0.29) is 11.7 Å². The van der Waals surface area contributed by atoms with E-state index in [1.807, 2.05) is 22.6 Å². The number of hydrogen-bond acceptors (Lipinski definition) is 1. The van der Waals surface area contributed by atoms with Crippen LogP contribution >= 0.6 is 34.2 Å². The Morgan fingerprint density at radius 1 is 1.70 bits per heavy atom. The zero-order chi connectivity index (χ0) is 7.56. The molecule has 0 radical (unpaired) electrons. The molecule has 4 heteroatoms. The van der Waals surface area contributed by atoms with E-state index in [1.165, 1.54) is 6.20 Å². The largest absolute Gasteiger partial charge is 0.247 e. The van der Waals surface area contributed by atoms with Crippen molar-refractivity contribution in [2.24, 2.45) is 0 Å². The highest BCUT2D eigenvalue weighted by Gasteiger charge is 2.00. The van der Waals surface area contributed by atoms with Crippen molar-refractivity contribution >= 4 is 34.2 Å². The monoisotopic (exact) mass is 271 g/mol. The minimum Gasteiger partial charge on any atom is -0.247 e. The summed E-state index contributed by atoms with van der Waals surface area (Å²) >= 11 is 7.44. The standard InChI is InChI=1S/C6H4ClFIN/c7-2-4-1-6(9)10-3-5(4)8/h1,3H,2H2. The second kappa shape index (κ2) is 3.48. The van der Waals surface area contributed by atoms with Gasteiger partial charge in [0.25, 0.3) is 0 Å². The zero-order valence-electron chi connectivity index (χ0n) is 4.94. The lowest BCUT2D eigenvalue weighted by Gasteiger charge is -1.96. The summed E-state index contributed by atoms with van der Waals surface area (Å²) < 4.78 is 13.4. The number of halogens is 3. The Morgan fingerprint density at radius 2 is 2.40 bits per heavy atom. The highest BCUT2D eigenvalue weighted by atomic mass is 127. The lowest BCUT2D eigenvalue weighted by molar-refractivity contribution is 0.609. The van der Waals surface area contributed by atoms with E-state index in [9.17, 15) is 4.39 Å². The Morgan fingerprint density at radius 3 is 2.90 bits per heavy atom. The van der Waals surface area contributed by atoms with Crippen LogP contribution in [0.5, 0.6) is 0 Å². The fraction of sp³-hybridized carbons (Fsp3) is 0.167. The third kappa shape index (κ3) is 1.79. The number of pyridine rings is 1. The molecule has 0 aliphatic rings. The van der Waals surface area contributed by atoms with E-state index in [4.69, 9.17) is 11.6 Å². The molecule has 1 aromatic rings. The first-order valence-electron chi connectivity index (χ1n) is 2.60. The first-order chi connectivity index (χ1) is 4.74. The molecule has 1 aromatic heterocycles. The van der Waals surface area contributed by atoms with Gasteiger partial charge in [0.1, 0.15) is 9.52 Å². The summed E-state index contributed by atoms with van der Waals surface area (Å²) in [5.74, 6) is -0.139. The van der Waals surface area contributed by atoms with Crippen LogP contribution in [0.4, 0.5) is 4.39 Å². The van der Waals surface area contributed by atoms with E-state index >= 15 is 0 Å². The summed E-state index contributed by atoms with van der Waals surface area (Å²) in [5, 5.41) is 0. The molecular formula is C6H4ClFIN. The molecule has 1 heterocycles. The van der Waals surface area contributed by atoms with Gasteiger partial charge in [0.15, 0.2) is 0 Å². The second-order valence-corrected chi connectivity index (χ2v) is 3.10. The van der Waals surface area contributed by atoms with Gasteiger partial charge in [-0.1, -0.05) is 0 Å². The molecule has 54 valence electrons. The molecule has 0 unspecified atom stereocenters. The van der Waals surface area contributed by atoms with Gasteiger partial charge < -0.3 is 0 Å². The van der Waals surface area contributed by atoms with Crippen LogP contribution in [0.25, 0.3) is 0 Å². The first-order valence-corrected chi connectivity index (χ1v) is 4.21. The number of rotatable bonds is 1. The van der Waals surface area contributed by atoms with Crippen molar-refractivity contribution in [2.75, 3.05) is 0 Å². The fourth-order valence-corrected chi connectivity index (χ4v) is 1.27. The van der Waals surface area contributed by atoms with Crippen LogP contribution in [0.1, 0.15) is 5.56 Å². The van der Waals surface area contributed by atoms with Crippen molar-refractivity contribution in [1.29, 1.82) is 0 Å². The molecule has 0 aliphatic carbocycles. The van der Waals surface area contributed by atoms with Gasteiger partial charge in [-0.15, -0.1) is 11.6 Å². The van der Waals surface area contributed by atoms with Crippen molar-refractivity contribution in [2.45, 2.75) is 5.88 Å². The third-order valence-electron chi connectivity index (χ3n) is 1.05. The molecular weight excluding hydrogens is 267 g/mol. The zero-order valence-corrected chi connectivity index (χ0v) is 7.86. The second-order valence-electron chi connectivity index (χ2n) is 1.73. The van der Waals surface area contributed by atoms with Crippen molar-refractivity contribution in [3.63, 3.8) is 0 Å². The quantitative estimate of drug-likeness (QED) is 0.435. The van der Waals surface area contributed by atoms with Crippen LogP contribution in [-0.4, -0.2) is 4.98 Å².